The molecule has 2 aromatic rings. The number of hydrogen-bond donors (Lipinski definition) is 2. The molecule has 6 rings (SSSR count). The number of nitrogens with zero attached hydrogens (tertiary/aromatic N) is 7. The van der Waals surface area contributed by atoms with E-state index in [4.69, 9.17) is 14.6 Å². The summed E-state index contributed by atoms with van der Waals surface area (Å²) in [6.07, 6.45) is 9.48. The van der Waals surface area contributed by atoms with E-state index < -0.39 is 0 Å². The zero-order valence-electron chi connectivity index (χ0n) is 23.6. The lowest BCUT2D eigenvalue weighted by Crippen LogP contribution is -2.56. The number of aliphatic hydroxyl groups is 1. The molecule has 3 fully saturated rings. The van der Waals surface area contributed by atoms with Crippen molar-refractivity contribution in [1.82, 2.24) is 29.7 Å². The smallest absolute Gasteiger partial charge is 0.226 e. The minimum atomic E-state index is -0.205. The number of carbonyl (C=O) groups excluding carboxylic acids is 1. The summed E-state index contributed by atoms with van der Waals surface area (Å²) in [4.78, 5) is 32.0. The Labute approximate surface area is 245 Å². The minimum Gasteiger partial charge on any atom is -0.487 e. The van der Waals surface area contributed by atoms with Gasteiger partial charge in [0.2, 0.25) is 11.9 Å². The number of nitriles is 1. The van der Waals surface area contributed by atoms with Crippen LogP contribution in [0, 0.1) is 11.3 Å². The second kappa shape index (κ2) is 12.9. The lowest BCUT2D eigenvalue weighted by Gasteiger charge is -2.43. The summed E-state index contributed by atoms with van der Waals surface area (Å²) in [5.74, 6) is 1.30. The second-order valence-electron chi connectivity index (χ2n) is 11.0. The molecular weight excluding hydrogens is 536 g/mol. The van der Waals surface area contributed by atoms with Crippen LogP contribution in [0.4, 0.5) is 5.95 Å². The highest BCUT2D eigenvalue weighted by molar-refractivity contribution is 5.76. The number of aromatic nitrogens is 3. The molecule has 1 aromatic heterocycles. The van der Waals surface area contributed by atoms with Gasteiger partial charge in [0.25, 0.3) is 0 Å². The van der Waals surface area contributed by atoms with Gasteiger partial charge in [-0.2, -0.15) is 10.2 Å². The molecule has 4 heterocycles. The zero-order valence-corrected chi connectivity index (χ0v) is 23.6. The van der Waals surface area contributed by atoms with Crippen LogP contribution in [-0.4, -0.2) is 118 Å². The van der Waals surface area contributed by atoms with Crippen molar-refractivity contribution in [2.75, 3.05) is 64.4 Å². The number of piperazine rings is 1. The number of ether oxygens (including phenoxy) is 2. The summed E-state index contributed by atoms with van der Waals surface area (Å²) < 4.78 is 11.4. The fraction of sp³-hybridized carbons (Fsp3) is 0.500. The number of benzene rings is 1. The molecule has 1 unspecified atom stereocenters. The lowest BCUT2D eigenvalue weighted by molar-refractivity contribution is -0.131. The van der Waals surface area contributed by atoms with Crippen molar-refractivity contribution in [3.8, 4) is 23.2 Å². The molecule has 220 valence electrons. The molecule has 1 amide bonds. The van der Waals surface area contributed by atoms with E-state index in [0.717, 1.165) is 45.8 Å². The number of allylic oxidation sites excluding steroid dienone is 1. The molecule has 0 spiro atoms. The number of amides is 1. The number of likely N-dealkylation sites (tertiary alicyclic amines) is 1. The van der Waals surface area contributed by atoms with Crippen LogP contribution in [-0.2, 0) is 9.53 Å². The number of anilines is 1. The predicted octanol–water partition coefficient (Wildman–Crippen LogP) is 1.41. The fourth-order valence-corrected chi connectivity index (χ4v) is 5.74. The van der Waals surface area contributed by atoms with Gasteiger partial charge in [0.05, 0.1) is 44.0 Å². The minimum absolute atomic E-state index is 0.0677. The normalized spacial score (nSPS) is 22.8. The third kappa shape index (κ3) is 6.38. The van der Waals surface area contributed by atoms with E-state index in [0.29, 0.717) is 54.2 Å². The first-order valence-corrected chi connectivity index (χ1v) is 14.6. The molecule has 0 bridgehead atoms. The summed E-state index contributed by atoms with van der Waals surface area (Å²) in [5.41, 5.74) is 2.32. The molecule has 12 nitrogen and oxygen atoms in total. The predicted molar refractivity (Wildman–Crippen MR) is 154 cm³/mol. The van der Waals surface area contributed by atoms with Gasteiger partial charge in [-0.1, -0.05) is 12.2 Å². The van der Waals surface area contributed by atoms with Crippen LogP contribution in [0.1, 0.15) is 24.8 Å². The van der Waals surface area contributed by atoms with Crippen LogP contribution in [0.5, 0.6) is 5.75 Å². The Hall–Kier alpha value is -4.05. The third-order valence-corrected chi connectivity index (χ3v) is 8.26. The topological polar surface area (TPSA) is 140 Å². The average molecular weight is 573 g/mol. The summed E-state index contributed by atoms with van der Waals surface area (Å²) in [6.45, 7) is 6.77. The number of rotatable bonds is 9. The molecule has 4 aliphatic rings. The Morgan fingerprint density at radius 2 is 2.05 bits per heavy atom. The van der Waals surface area contributed by atoms with Crippen molar-refractivity contribution >= 4 is 11.9 Å². The Morgan fingerprint density at radius 1 is 1.19 bits per heavy atom. The van der Waals surface area contributed by atoms with Gasteiger partial charge in [0.15, 0.2) is 5.82 Å². The van der Waals surface area contributed by atoms with E-state index in [1.165, 1.54) is 12.0 Å². The monoisotopic (exact) mass is 572 g/mol. The van der Waals surface area contributed by atoms with E-state index in [1.807, 2.05) is 6.07 Å². The van der Waals surface area contributed by atoms with Crippen LogP contribution in [0.2, 0.25) is 0 Å². The second-order valence-corrected chi connectivity index (χ2v) is 11.0. The molecule has 1 aliphatic carbocycles. The Kier molecular flexibility index (Phi) is 8.60. The SMILES string of the molecule is N#Cc1cc(-c2ncnc(NC3C=CC(N4CCN(C5COC5)CC4)=CC3)n2)ccc1O[C@@H]1CCN(C(=O)CCO)C1. The number of carbonyl (C=O) groups is 1. The average Bonchev–Trinajstić information content (AvgIpc) is 3.46. The van der Waals surface area contributed by atoms with Crippen LogP contribution in [0.3, 0.4) is 0 Å². The molecule has 12 heteroatoms. The molecule has 2 N–H and O–H groups in total. The summed E-state index contributed by atoms with van der Waals surface area (Å²) in [7, 11) is 0. The highest BCUT2D eigenvalue weighted by Crippen LogP contribution is 2.28. The molecule has 2 atom stereocenters. The fourth-order valence-electron chi connectivity index (χ4n) is 5.74. The van der Waals surface area contributed by atoms with Gasteiger partial charge in [-0.15, -0.1) is 0 Å². The Bertz CT molecular complexity index is 1380. The van der Waals surface area contributed by atoms with Crippen LogP contribution < -0.4 is 10.1 Å². The maximum absolute atomic E-state index is 12.1. The highest BCUT2D eigenvalue weighted by Gasteiger charge is 2.30. The van der Waals surface area contributed by atoms with Gasteiger partial charge in [0, 0.05) is 56.8 Å². The van der Waals surface area contributed by atoms with E-state index in [1.54, 1.807) is 17.0 Å². The Morgan fingerprint density at radius 3 is 2.76 bits per heavy atom. The van der Waals surface area contributed by atoms with Crippen molar-refractivity contribution in [3.05, 3.63) is 54.0 Å². The molecule has 0 radical (unpaired) electrons. The van der Waals surface area contributed by atoms with Gasteiger partial charge in [-0.05, 0) is 30.7 Å². The third-order valence-electron chi connectivity index (χ3n) is 8.26. The largest absolute Gasteiger partial charge is 0.487 e. The van der Waals surface area contributed by atoms with E-state index >= 15 is 0 Å². The summed E-state index contributed by atoms with van der Waals surface area (Å²) in [6, 6.07) is 8.16. The number of aliphatic hydroxyl groups excluding tert-OH is 1. The van der Waals surface area contributed by atoms with Crippen molar-refractivity contribution < 1.29 is 19.4 Å². The van der Waals surface area contributed by atoms with Gasteiger partial charge >= 0.3 is 0 Å². The molecule has 3 aliphatic heterocycles. The van der Waals surface area contributed by atoms with Gasteiger partial charge in [-0.3, -0.25) is 9.69 Å². The first-order valence-electron chi connectivity index (χ1n) is 14.6. The van der Waals surface area contributed by atoms with E-state index in [2.05, 4.69) is 54.4 Å². The maximum atomic E-state index is 12.1. The first kappa shape index (κ1) is 28.1. The standard InChI is InChI=1S/C30H36N8O4/c31-16-22-15-21(1-6-27(22)42-26-7-9-38(17-26)28(40)8-14-39)29-32-20-33-30(35-29)34-23-2-4-24(5-3-23)36-10-12-37(13-11-36)25-18-41-19-25/h1-2,4-6,15,20,23,25-26,39H,3,7-14,17-19H2,(H,32,33,34,35)/t23?,26-/m1/s1. The van der Waals surface area contributed by atoms with Crippen LogP contribution >= 0.6 is 0 Å². The van der Waals surface area contributed by atoms with Gasteiger partial charge < -0.3 is 29.7 Å². The number of hydrogen-bond acceptors (Lipinski definition) is 11. The number of nitrogens with one attached hydrogen (secondary N) is 1. The molecule has 3 saturated heterocycles. The van der Waals surface area contributed by atoms with E-state index in [9.17, 15) is 10.1 Å². The first-order chi connectivity index (χ1) is 20.6. The van der Waals surface area contributed by atoms with Gasteiger partial charge in [-0.25, -0.2) is 9.97 Å². The van der Waals surface area contributed by atoms with Crippen molar-refractivity contribution in [3.63, 3.8) is 0 Å². The van der Waals surface area contributed by atoms with Crippen molar-refractivity contribution in [2.24, 2.45) is 0 Å². The van der Waals surface area contributed by atoms with Crippen LogP contribution in [0.25, 0.3) is 11.4 Å². The highest BCUT2D eigenvalue weighted by atomic mass is 16.5. The Balaban J connectivity index is 1.04. The van der Waals surface area contributed by atoms with Crippen LogP contribution in [0.15, 0.2) is 48.5 Å². The molecule has 0 saturated carbocycles. The van der Waals surface area contributed by atoms with Crippen molar-refractivity contribution in [1.29, 1.82) is 5.26 Å². The van der Waals surface area contributed by atoms with Crippen molar-refractivity contribution in [2.45, 2.75) is 37.5 Å². The van der Waals surface area contributed by atoms with Gasteiger partial charge in [0.1, 0.15) is 24.3 Å². The zero-order chi connectivity index (χ0) is 28.9. The lowest BCUT2D eigenvalue weighted by atomic mass is 10.1. The molecule has 1 aromatic carbocycles. The molecular formula is C30H36N8O4. The quantitative estimate of drug-likeness (QED) is 0.451. The maximum Gasteiger partial charge on any atom is 0.226 e. The summed E-state index contributed by atoms with van der Waals surface area (Å²) in [5, 5.41) is 22.2. The van der Waals surface area contributed by atoms with E-state index in [-0.39, 0.29) is 31.1 Å². The molecule has 42 heavy (non-hydrogen) atoms. The summed E-state index contributed by atoms with van der Waals surface area (Å²) >= 11 is 0.